The zero-order chi connectivity index (χ0) is 22.5. The Balaban J connectivity index is 2.02. The molecule has 1 heterocycles. The highest BCUT2D eigenvalue weighted by atomic mass is 32.2. The zero-order valence-electron chi connectivity index (χ0n) is 17.4. The van der Waals surface area contributed by atoms with E-state index in [1.54, 1.807) is 31.4 Å². The molecule has 10 heteroatoms. The molecule has 0 bridgehead atoms. The van der Waals surface area contributed by atoms with Crippen molar-refractivity contribution in [2.75, 3.05) is 27.9 Å². The molecule has 162 valence electrons. The summed E-state index contributed by atoms with van der Waals surface area (Å²) >= 11 is 1.16. The smallest absolute Gasteiger partial charge is 0.280 e. The molecule has 0 radical (unpaired) electrons. The lowest BCUT2D eigenvalue weighted by atomic mass is 10.1. The third kappa shape index (κ3) is 4.64. The van der Waals surface area contributed by atoms with Gasteiger partial charge in [0.2, 0.25) is 0 Å². The predicted molar refractivity (Wildman–Crippen MR) is 119 cm³/mol. The fraction of sp³-hybridized carbons (Fsp3) is 0.238. The van der Waals surface area contributed by atoms with E-state index >= 15 is 0 Å². The van der Waals surface area contributed by atoms with Crippen molar-refractivity contribution in [2.24, 2.45) is 4.99 Å². The molecule has 1 aliphatic rings. The predicted octanol–water partition coefficient (Wildman–Crippen LogP) is 4.24. The highest BCUT2D eigenvalue weighted by Gasteiger charge is 2.33. The molecule has 0 atom stereocenters. The van der Waals surface area contributed by atoms with E-state index < -0.39 is 4.92 Å². The molecule has 1 fully saturated rings. The second-order valence-electron chi connectivity index (χ2n) is 6.28. The highest BCUT2D eigenvalue weighted by molar-refractivity contribution is 8.18. The molecule has 31 heavy (non-hydrogen) atoms. The Hall–Kier alpha value is -3.53. The van der Waals surface area contributed by atoms with Crippen molar-refractivity contribution in [3.8, 4) is 17.2 Å². The number of nitro groups is 1. The molecule has 0 N–H and O–H groups in total. The molecule has 0 aliphatic carbocycles. The van der Waals surface area contributed by atoms with Gasteiger partial charge in [0, 0.05) is 6.54 Å². The Kier molecular flexibility index (Phi) is 6.81. The first-order valence-electron chi connectivity index (χ1n) is 9.26. The third-order valence-corrected chi connectivity index (χ3v) is 5.52. The number of rotatable bonds is 7. The number of ether oxygens (including phenoxy) is 3. The van der Waals surface area contributed by atoms with Gasteiger partial charge in [-0.2, -0.15) is 0 Å². The van der Waals surface area contributed by atoms with E-state index in [4.69, 9.17) is 14.2 Å². The van der Waals surface area contributed by atoms with Crippen molar-refractivity contribution in [1.29, 1.82) is 0 Å². The number of thioether (sulfide) groups is 1. The number of carbonyl (C=O) groups is 1. The molecule has 1 saturated heterocycles. The van der Waals surface area contributed by atoms with Crippen molar-refractivity contribution in [1.82, 2.24) is 4.90 Å². The monoisotopic (exact) mass is 443 g/mol. The second kappa shape index (κ2) is 9.52. The average Bonchev–Trinajstić information content (AvgIpc) is 3.07. The molecular formula is C21H21N3O6S. The Bertz CT molecular complexity index is 1070. The van der Waals surface area contributed by atoms with Crippen LogP contribution in [-0.4, -0.2) is 48.8 Å². The van der Waals surface area contributed by atoms with Crippen molar-refractivity contribution in [3.63, 3.8) is 0 Å². The van der Waals surface area contributed by atoms with Crippen molar-refractivity contribution in [2.45, 2.75) is 6.92 Å². The Labute approximate surface area is 183 Å². The quantitative estimate of drug-likeness (QED) is 0.358. The lowest BCUT2D eigenvalue weighted by Crippen LogP contribution is -2.28. The molecule has 9 nitrogen and oxygen atoms in total. The van der Waals surface area contributed by atoms with Crippen LogP contribution in [0.4, 0.5) is 11.4 Å². The molecule has 2 aromatic carbocycles. The summed E-state index contributed by atoms with van der Waals surface area (Å²) in [5.41, 5.74) is 0.704. The van der Waals surface area contributed by atoms with Crippen molar-refractivity contribution < 1.29 is 23.9 Å². The number of likely N-dealkylation sites (N-methyl/N-ethyl adjacent to an activating group) is 1. The molecule has 0 saturated carbocycles. The first kappa shape index (κ1) is 22.2. The van der Waals surface area contributed by atoms with Crippen LogP contribution in [0.15, 0.2) is 46.3 Å². The minimum Gasteiger partial charge on any atom is -0.497 e. The van der Waals surface area contributed by atoms with E-state index in [0.29, 0.717) is 33.8 Å². The Morgan fingerprint density at radius 2 is 1.74 bits per heavy atom. The number of aliphatic imine (C=N–C) groups is 1. The summed E-state index contributed by atoms with van der Waals surface area (Å²) in [7, 11) is 4.42. The van der Waals surface area contributed by atoms with Crippen LogP contribution in [0, 0.1) is 10.1 Å². The number of hydrogen-bond acceptors (Lipinski definition) is 8. The van der Waals surface area contributed by atoms with Gasteiger partial charge in [0.05, 0.1) is 48.5 Å². The highest BCUT2D eigenvalue weighted by Crippen LogP contribution is 2.39. The number of methoxy groups -OCH3 is 3. The SMILES string of the molecule is CCN1C(=O)/C(=C/c2cc(OC)c(OC)cc2[N+](=O)[O-])SC1=Nc1ccc(OC)cc1. The summed E-state index contributed by atoms with van der Waals surface area (Å²) in [5, 5.41) is 12.1. The summed E-state index contributed by atoms with van der Waals surface area (Å²) in [6.07, 6.45) is 1.48. The maximum Gasteiger partial charge on any atom is 0.280 e. The largest absolute Gasteiger partial charge is 0.497 e. The van der Waals surface area contributed by atoms with Crippen LogP contribution in [0.5, 0.6) is 17.2 Å². The number of amidine groups is 1. The fourth-order valence-corrected chi connectivity index (χ4v) is 3.99. The van der Waals surface area contributed by atoms with Gasteiger partial charge in [0.1, 0.15) is 5.75 Å². The van der Waals surface area contributed by atoms with Crippen LogP contribution >= 0.6 is 11.8 Å². The average molecular weight is 443 g/mol. The van der Waals surface area contributed by atoms with Crippen LogP contribution in [0.1, 0.15) is 12.5 Å². The van der Waals surface area contributed by atoms with Crippen molar-refractivity contribution >= 4 is 40.3 Å². The lowest BCUT2D eigenvalue weighted by molar-refractivity contribution is -0.385. The summed E-state index contributed by atoms with van der Waals surface area (Å²) in [6.45, 7) is 2.25. The van der Waals surface area contributed by atoms with Gasteiger partial charge in [-0.3, -0.25) is 19.8 Å². The molecule has 0 unspecified atom stereocenters. The van der Waals surface area contributed by atoms with E-state index in [1.165, 1.54) is 37.3 Å². The van der Waals surface area contributed by atoms with Crippen LogP contribution in [0.3, 0.4) is 0 Å². The normalized spacial score (nSPS) is 16.1. The maximum atomic E-state index is 12.9. The van der Waals surface area contributed by atoms with E-state index in [2.05, 4.69) is 4.99 Å². The maximum absolute atomic E-state index is 12.9. The first-order valence-corrected chi connectivity index (χ1v) is 10.1. The first-order chi connectivity index (χ1) is 14.9. The Morgan fingerprint density at radius 1 is 1.10 bits per heavy atom. The number of nitro benzene ring substituents is 1. The summed E-state index contributed by atoms with van der Waals surface area (Å²) < 4.78 is 15.5. The van der Waals surface area contributed by atoms with Crippen LogP contribution < -0.4 is 14.2 Å². The molecule has 3 rings (SSSR count). The van der Waals surface area contributed by atoms with Crippen LogP contribution in [0.25, 0.3) is 6.08 Å². The van der Waals surface area contributed by atoms with Gasteiger partial charge < -0.3 is 14.2 Å². The zero-order valence-corrected chi connectivity index (χ0v) is 18.3. The summed E-state index contributed by atoms with van der Waals surface area (Å²) in [5.74, 6) is 0.991. The third-order valence-electron chi connectivity index (χ3n) is 4.52. The summed E-state index contributed by atoms with van der Waals surface area (Å²) in [6, 6.07) is 9.88. The molecule has 1 aliphatic heterocycles. The molecular weight excluding hydrogens is 422 g/mol. The number of amides is 1. The minimum atomic E-state index is -0.525. The molecule has 0 aromatic heterocycles. The van der Waals surface area contributed by atoms with Gasteiger partial charge in [-0.05, 0) is 55.1 Å². The number of carbonyl (C=O) groups excluding carboxylic acids is 1. The summed E-state index contributed by atoms with van der Waals surface area (Å²) in [4.78, 5) is 30.4. The Morgan fingerprint density at radius 3 is 2.29 bits per heavy atom. The topological polar surface area (TPSA) is 104 Å². The van der Waals surface area contributed by atoms with Gasteiger partial charge in [-0.1, -0.05) is 0 Å². The number of nitrogens with zero attached hydrogens (tertiary/aromatic N) is 3. The molecule has 0 spiro atoms. The van der Waals surface area contributed by atoms with E-state index in [0.717, 1.165) is 11.8 Å². The van der Waals surface area contributed by atoms with Gasteiger partial charge in [-0.25, -0.2) is 4.99 Å². The van der Waals surface area contributed by atoms with E-state index in [9.17, 15) is 14.9 Å². The molecule has 2 aromatic rings. The second-order valence-corrected chi connectivity index (χ2v) is 7.28. The standard InChI is InChI=1S/C21H21N3O6S/c1-5-23-20(25)19(31-21(23)22-14-6-8-15(28-2)9-7-14)11-13-10-17(29-3)18(30-4)12-16(13)24(26)27/h6-12H,5H2,1-4H3/b19-11-,22-21?. The van der Waals surface area contributed by atoms with E-state index in [-0.39, 0.29) is 22.9 Å². The van der Waals surface area contributed by atoms with Gasteiger partial charge in [0.25, 0.3) is 11.6 Å². The van der Waals surface area contributed by atoms with Gasteiger partial charge in [0.15, 0.2) is 16.7 Å². The lowest BCUT2D eigenvalue weighted by Gasteiger charge is -2.12. The van der Waals surface area contributed by atoms with Crippen LogP contribution in [0.2, 0.25) is 0 Å². The van der Waals surface area contributed by atoms with E-state index in [1.807, 2.05) is 6.92 Å². The minimum absolute atomic E-state index is 0.192. The number of hydrogen-bond donors (Lipinski definition) is 0. The van der Waals surface area contributed by atoms with Crippen molar-refractivity contribution in [3.05, 3.63) is 57.0 Å². The van der Waals surface area contributed by atoms with Gasteiger partial charge >= 0.3 is 0 Å². The fourth-order valence-electron chi connectivity index (χ4n) is 2.94. The van der Waals surface area contributed by atoms with Crippen LogP contribution in [-0.2, 0) is 4.79 Å². The van der Waals surface area contributed by atoms with Gasteiger partial charge in [-0.15, -0.1) is 0 Å². The molecule has 1 amide bonds. The number of benzene rings is 2.